The zero-order valence-electron chi connectivity index (χ0n) is 20.3. The standard InChI is InChI=1S/C25H29N3O6S/c1-5-34-25(31)23-22(26-14(2)29)21-16-8-6-7-9-19(16)35-24(21)28(23)13-20(30)27-17-11-10-15(32-3)12-18(17)33-4/h10-12H,5-9,13H2,1-4H3,(H,26,29)(H,27,30). The number of methoxy groups -OCH3 is 2. The minimum absolute atomic E-state index is 0.140. The lowest BCUT2D eigenvalue weighted by Crippen LogP contribution is -2.23. The van der Waals surface area contributed by atoms with E-state index in [4.69, 9.17) is 14.2 Å². The number of rotatable bonds is 8. The maximum atomic E-state index is 13.2. The van der Waals surface area contributed by atoms with Gasteiger partial charge in [0.15, 0.2) is 5.69 Å². The molecule has 9 nitrogen and oxygen atoms in total. The summed E-state index contributed by atoms with van der Waals surface area (Å²) in [5.74, 6) is -0.180. The van der Waals surface area contributed by atoms with Gasteiger partial charge in [-0.25, -0.2) is 4.79 Å². The number of benzene rings is 1. The average molecular weight is 500 g/mol. The van der Waals surface area contributed by atoms with Crippen LogP contribution < -0.4 is 20.1 Å². The molecule has 0 fully saturated rings. The van der Waals surface area contributed by atoms with Crippen molar-refractivity contribution in [1.29, 1.82) is 0 Å². The van der Waals surface area contributed by atoms with E-state index in [2.05, 4.69) is 10.6 Å². The fourth-order valence-electron chi connectivity index (χ4n) is 4.45. The summed E-state index contributed by atoms with van der Waals surface area (Å²) in [6, 6.07) is 5.09. The van der Waals surface area contributed by atoms with Gasteiger partial charge in [0.25, 0.3) is 0 Å². The van der Waals surface area contributed by atoms with Crippen molar-refractivity contribution in [3.05, 3.63) is 34.3 Å². The number of nitrogens with one attached hydrogen (secondary N) is 2. The van der Waals surface area contributed by atoms with E-state index in [1.54, 1.807) is 48.1 Å². The molecule has 0 atom stereocenters. The second-order valence-electron chi connectivity index (χ2n) is 8.22. The number of nitrogens with zero attached hydrogens (tertiary/aromatic N) is 1. The van der Waals surface area contributed by atoms with Crippen molar-refractivity contribution in [2.45, 2.75) is 46.1 Å². The Labute approximate surface area is 207 Å². The van der Waals surface area contributed by atoms with Crippen molar-refractivity contribution in [3.63, 3.8) is 0 Å². The number of anilines is 2. The predicted molar refractivity (Wildman–Crippen MR) is 135 cm³/mol. The summed E-state index contributed by atoms with van der Waals surface area (Å²) in [4.78, 5) is 40.4. The minimum Gasteiger partial charge on any atom is -0.497 e. The molecule has 35 heavy (non-hydrogen) atoms. The quantitative estimate of drug-likeness (QED) is 0.446. The van der Waals surface area contributed by atoms with E-state index in [0.29, 0.717) is 22.9 Å². The fraction of sp³-hybridized carbons (Fsp3) is 0.400. The Kier molecular flexibility index (Phi) is 7.30. The van der Waals surface area contributed by atoms with E-state index in [0.717, 1.165) is 41.5 Å². The number of ether oxygens (including phenoxy) is 3. The van der Waals surface area contributed by atoms with Gasteiger partial charge in [-0.1, -0.05) is 0 Å². The van der Waals surface area contributed by atoms with Crippen LogP contribution in [0.15, 0.2) is 18.2 Å². The third-order valence-corrected chi connectivity index (χ3v) is 7.22. The first-order valence-electron chi connectivity index (χ1n) is 11.5. The Morgan fingerprint density at radius 2 is 1.86 bits per heavy atom. The predicted octanol–water partition coefficient (Wildman–Crippen LogP) is 4.37. The third kappa shape index (κ3) is 4.84. The lowest BCUT2D eigenvalue weighted by Gasteiger charge is -2.15. The molecule has 0 radical (unpaired) electrons. The molecule has 0 spiro atoms. The number of carbonyl (C=O) groups is 3. The van der Waals surface area contributed by atoms with Gasteiger partial charge in [0.1, 0.15) is 22.9 Å². The van der Waals surface area contributed by atoms with E-state index in [-0.39, 0.29) is 30.7 Å². The molecular weight excluding hydrogens is 470 g/mol. The molecule has 1 aliphatic rings. The maximum absolute atomic E-state index is 13.2. The molecule has 2 N–H and O–H groups in total. The summed E-state index contributed by atoms with van der Waals surface area (Å²) in [5, 5.41) is 6.54. The first-order valence-corrected chi connectivity index (χ1v) is 12.3. The SMILES string of the molecule is CCOC(=O)c1c(NC(C)=O)c2c3c(sc2n1CC(=O)Nc1ccc(OC)cc1OC)CCCC3. The average Bonchev–Trinajstić information content (AvgIpc) is 3.34. The van der Waals surface area contributed by atoms with Crippen LogP contribution in [0.5, 0.6) is 11.5 Å². The van der Waals surface area contributed by atoms with Gasteiger partial charge >= 0.3 is 5.97 Å². The van der Waals surface area contributed by atoms with Crippen molar-refractivity contribution in [2.75, 3.05) is 31.5 Å². The third-order valence-electron chi connectivity index (χ3n) is 5.91. The normalized spacial score (nSPS) is 12.7. The number of thiophene rings is 1. The van der Waals surface area contributed by atoms with Crippen LogP contribution in [0.2, 0.25) is 0 Å². The van der Waals surface area contributed by atoms with E-state index >= 15 is 0 Å². The fourth-order valence-corrected chi connectivity index (χ4v) is 5.85. The highest BCUT2D eigenvalue weighted by atomic mass is 32.1. The molecule has 2 heterocycles. The number of aromatic nitrogens is 1. The van der Waals surface area contributed by atoms with Crippen molar-refractivity contribution < 1.29 is 28.6 Å². The minimum atomic E-state index is -0.584. The molecule has 0 aliphatic heterocycles. The van der Waals surface area contributed by atoms with E-state index in [1.165, 1.54) is 18.9 Å². The lowest BCUT2D eigenvalue weighted by atomic mass is 9.96. The first-order chi connectivity index (χ1) is 16.9. The molecule has 2 aromatic heterocycles. The van der Waals surface area contributed by atoms with Crippen molar-refractivity contribution >= 4 is 50.7 Å². The molecule has 2 amide bonds. The molecule has 10 heteroatoms. The van der Waals surface area contributed by atoms with Gasteiger partial charge in [0.05, 0.1) is 32.2 Å². The molecular formula is C25H29N3O6S. The topological polar surface area (TPSA) is 108 Å². The van der Waals surface area contributed by atoms with Crippen LogP contribution in [0.3, 0.4) is 0 Å². The summed E-state index contributed by atoms with van der Waals surface area (Å²) in [7, 11) is 3.06. The molecule has 1 aliphatic carbocycles. The van der Waals surface area contributed by atoms with E-state index < -0.39 is 5.97 Å². The number of hydrogen-bond acceptors (Lipinski definition) is 7. The Morgan fingerprint density at radius 3 is 2.54 bits per heavy atom. The summed E-state index contributed by atoms with van der Waals surface area (Å²) in [5.41, 5.74) is 2.21. The number of hydrogen-bond donors (Lipinski definition) is 2. The Bertz CT molecular complexity index is 1290. The number of carbonyl (C=O) groups excluding carboxylic acids is 3. The maximum Gasteiger partial charge on any atom is 0.357 e. The molecule has 4 rings (SSSR count). The highest BCUT2D eigenvalue weighted by Crippen LogP contribution is 2.44. The van der Waals surface area contributed by atoms with Gasteiger partial charge in [-0.3, -0.25) is 9.59 Å². The van der Waals surface area contributed by atoms with Crippen molar-refractivity contribution in [2.24, 2.45) is 0 Å². The Morgan fingerprint density at radius 1 is 1.09 bits per heavy atom. The van der Waals surface area contributed by atoms with E-state index in [9.17, 15) is 14.4 Å². The molecule has 0 saturated heterocycles. The molecule has 0 unspecified atom stereocenters. The number of esters is 1. The van der Waals surface area contributed by atoms with E-state index in [1.807, 2.05) is 0 Å². The van der Waals surface area contributed by atoms with Crippen LogP contribution in [0, 0.1) is 0 Å². The number of aryl methyl sites for hydroxylation is 2. The molecule has 186 valence electrons. The van der Waals surface area contributed by atoms with Crippen LogP contribution in [0.1, 0.15) is 47.6 Å². The second-order valence-corrected chi connectivity index (χ2v) is 9.30. The highest BCUT2D eigenvalue weighted by molar-refractivity contribution is 7.19. The first kappa shape index (κ1) is 24.6. The van der Waals surface area contributed by atoms with Gasteiger partial charge in [0, 0.05) is 23.3 Å². The summed E-state index contributed by atoms with van der Waals surface area (Å²) in [6.45, 7) is 3.15. The molecule has 1 aromatic carbocycles. The monoisotopic (exact) mass is 499 g/mol. The highest BCUT2D eigenvalue weighted by Gasteiger charge is 2.31. The Balaban J connectivity index is 1.79. The van der Waals surface area contributed by atoms with Gasteiger partial charge in [-0.2, -0.15) is 0 Å². The number of fused-ring (bicyclic) bond motifs is 3. The lowest BCUT2D eigenvalue weighted by molar-refractivity contribution is -0.116. The largest absolute Gasteiger partial charge is 0.497 e. The van der Waals surface area contributed by atoms with Crippen LogP contribution in [0.4, 0.5) is 11.4 Å². The van der Waals surface area contributed by atoms with Crippen LogP contribution >= 0.6 is 11.3 Å². The van der Waals surface area contributed by atoms with Gasteiger partial charge in [-0.15, -0.1) is 11.3 Å². The summed E-state index contributed by atoms with van der Waals surface area (Å²) in [6.07, 6.45) is 3.94. The smallest absolute Gasteiger partial charge is 0.357 e. The van der Waals surface area contributed by atoms with Gasteiger partial charge in [0.2, 0.25) is 11.8 Å². The van der Waals surface area contributed by atoms with Crippen LogP contribution in [-0.2, 0) is 33.7 Å². The van der Waals surface area contributed by atoms with Crippen molar-refractivity contribution in [1.82, 2.24) is 4.57 Å². The van der Waals surface area contributed by atoms with Crippen molar-refractivity contribution in [3.8, 4) is 11.5 Å². The zero-order valence-corrected chi connectivity index (χ0v) is 21.1. The molecule has 0 bridgehead atoms. The molecule has 3 aromatic rings. The van der Waals surface area contributed by atoms with Crippen LogP contribution in [0.25, 0.3) is 10.2 Å². The summed E-state index contributed by atoms with van der Waals surface area (Å²) < 4.78 is 17.6. The van der Waals surface area contributed by atoms with Crippen LogP contribution in [-0.4, -0.2) is 43.2 Å². The Hall–Kier alpha value is -3.53. The van der Waals surface area contributed by atoms with Gasteiger partial charge in [-0.05, 0) is 50.3 Å². The zero-order chi connectivity index (χ0) is 25.1. The van der Waals surface area contributed by atoms with Gasteiger partial charge < -0.3 is 29.4 Å². The summed E-state index contributed by atoms with van der Waals surface area (Å²) >= 11 is 1.57. The molecule has 0 saturated carbocycles. The number of amides is 2. The second kappa shape index (κ2) is 10.4.